The summed E-state index contributed by atoms with van der Waals surface area (Å²) >= 11 is 0. The third kappa shape index (κ3) is 2.66. The topological polar surface area (TPSA) is 86.2 Å². The fourth-order valence-corrected chi connectivity index (χ4v) is 3.69. The molecular weight excluding hydrogens is 307 g/mol. The highest BCUT2D eigenvalue weighted by atomic mass is 32.2. The van der Waals surface area contributed by atoms with Crippen LogP contribution in [-0.4, -0.2) is 13.6 Å². The molecule has 22 heavy (non-hydrogen) atoms. The zero-order chi connectivity index (χ0) is 15.9. The van der Waals surface area contributed by atoms with Crippen molar-refractivity contribution in [1.29, 1.82) is 0 Å². The van der Waals surface area contributed by atoms with Crippen LogP contribution in [0.15, 0.2) is 27.6 Å². The Morgan fingerprint density at radius 3 is 2.59 bits per heavy atom. The normalized spacial score (nSPS) is 16.3. The van der Waals surface area contributed by atoms with Gasteiger partial charge in [-0.05, 0) is 37.5 Å². The van der Waals surface area contributed by atoms with Crippen molar-refractivity contribution in [2.75, 3.05) is 0 Å². The van der Waals surface area contributed by atoms with E-state index >= 15 is 0 Å². The van der Waals surface area contributed by atoms with Crippen molar-refractivity contribution in [2.24, 2.45) is 5.14 Å². The minimum atomic E-state index is -4.07. The van der Waals surface area contributed by atoms with E-state index in [0.29, 0.717) is 17.2 Å². The van der Waals surface area contributed by atoms with E-state index in [4.69, 9.17) is 9.66 Å². The number of sulfonamides is 1. The van der Waals surface area contributed by atoms with Crippen LogP contribution in [0.1, 0.15) is 43.1 Å². The second-order valence-corrected chi connectivity index (χ2v) is 7.20. The van der Waals surface area contributed by atoms with Crippen LogP contribution in [0.5, 0.6) is 0 Å². The van der Waals surface area contributed by atoms with Gasteiger partial charge < -0.3 is 4.52 Å². The Labute approximate surface area is 128 Å². The van der Waals surface area contributed by atoms with Gasteiger partial charge in [-0.15, -0.1) is 0 Å². The lowest BCUT2D eigenvalue weighted by Crippen LogP contribution is -2.14. The summed E-state index contributed by atoms with van der Waals surface area (Å²) in [4.78, 5) is -0.507. The quantitative estimate of drug-likeness (QED) is 0.940. The molecule has 7 heteroatoms. The fraction of sp³-hybridized carbons (Fsp3) is 0.400. The Morgan fingerprint density at radius 2 is 2.00 bits per heavy atom. The Bertz CT molecular complexity index is 808. The van der Waals surface area contributed by atoms with Crippen molar-refractivity contribution < 1.29 is 17.3 Å². The zero-order valence-corrected chi connectivity index (χ0v) is 13.0. The van der Waals surface area contributed by atoms with E-state index in [2.05, 4.69) is 5.16 Å². The highest BCUT2D eigenvalue weighted by Crippen LogP contribution is 2.40. The Kier molecular flexibility index (Phi) is 3.78. The van der Waals surface area contributed by atoms with E-state index in [1.54, 1.807) is 13.0 Å². The summed E-state index contributed by atoms with van der Waals surface area (Å²) in [5.74, 6) is 0.0519. The molecule has 3 rings (SSSR count). The second-order valence-electron chi connectivity index (χ2n) is 5.67. The number of nitrogens with zero attached hydrogens (tertiary/aromatic N) is 1. The number of aromatic nitrogens is 1. The summed E-state index contributed by atoms with van der Waals surface area (Å²) in [6, 6.07) is 3.91. The van der Waals surface area contributed by atoms with Gasteiger partial charge in [0.15, 0.2) is 0 Å². The van der Waals surface area contributed by atoms with Crippen LogP contribution in [-0.2, 0) is 10.0 Å². The first-order valence-electron chi connectivity index (χ1n) is 7.17. The first-order chi connectivity index (χ1) is 10.4. The second kappa shape index (κ2) is 5.48. The van der Waals surface area contributed by atoms with E-state index in [1.165, 1.54) is 12.1 Å². The molecule has 0 saturated heterocycles. The first-order valence-corrected chi connectivity index (χ1v) is 8.71. The Morgan fingerprint density at radius 1 is 1.32 bits per heavy atom. The minimum absolute atomic E-state index is 0.313. The molecule has 1 aromatic heterocycles. The van der Waals surface area contributed by atoms with Gasteiger partial charge in [0.1, 0.15) is 16.5 Å². The predicted molar refractivity (Wildman–Crippen MR) is 79.2 cm³/mol. The van der Waals surface area contributed by atoms with Gasteiger partial charge in [0.25, 0.3) is 0 Å². The SMILES string of the molecule is Cc1onc(C2CCCC2)c1-c1ccc(S(N)(=O)=O)c(F)c1. The maximum absolute atomic E-state index is 14.1. The molecule has 1 heterocycles. The van der Waals surface area contributed by atoms with Gasteiger partial charge in [0.05, 0.1) is 5.69 Å². The molecular formula is C15H17FN2O3S. The predicted octanol–water partition coefficient (Wildman–Crippen LogP) is 3.09. The van der Waals surface area contributed by atoms with Crippen LogP contribution < -0.4 is 5.14 Å². The molecule has 2 N–H and O–H groups in total. The molecule has 0 amide bonds. The zero-order valence-electron chi connectivity index (χ0n) is 12.2. The van der Waals surface area contributed by atoms with E-state index in [9.17, 15) is 12.8 Å². The van der Waals surface area contributed by atoms with Gasteiger partial charge in [0, 0.05) is 11.5 Å². The molecule has 0 bridgehead atoms. The van der Waals surface area contributed by atoms with Crippen LogP contribution in [0.2, 0.25) is 0 Å². The average Bonchev–Trinajstić information content (AvgIpc) is 3.05. The molecule has 0 spiro atoms. The summed E-state index contributed by atoms with van der Waals surface area (Å²) < 4.78 is 42.0. The number of benzene rings is 1. The molecule has 2 aromatic rings. The summed E-state index contributed by atoms with van der Waals surface area (Å²) in [6.07, 6.45) is 4.37. The maximum atomic E-state index is 14.1. The summed E-state index contributed by atoms with van der Waals surface area (Å²) in [5, 5.41) is 9.12. The van der Waals surface area contributed by atoms with E-state index in [0.717, 1.165) is 36.9 Å². The Hall–Kier alpha value is -1.73. The molecule has 5 nitrogen and oxygen atoms in total. The molecule has 1 aliphatic rings. The van der Waals surface area contributed by atoms with Crippen molar-refractivity contribution in [2.45, 2.75) is 43.4 Å². The van der Waals surface area contributed by atoms with Gasteiger partial charge >= 0.3 is 0 Å². The molecule has 0 aliphatic heterocycles. The van der Waals surface area contributed by atoms with Crippen molar-refractivity contribution in [3.8, 4) is 11.1 Å². The van der Waals surface area contributed by atoms with Gasteiger partial charge in [-0.2, -0.15) is 0 Å². The first kappa shape index (κ1) is 15.2. The van der Waals surface area contributed by atoms with Crippen molar-refractivity contribution in [1.82, 2.24) is 5.16 Å². The minimum Gasteiger partial charge on any atom is -0.361 e. The Balaban J connectivity index is 2.08. The van der Waals surface area contributed by atoms with E-state index in [1.807, 2.05) is 0 Å². The smallest absolute Gasteiger partial charge is 0.240 e. The fourth-order valence-electron chi connectivity index (χ4n) is 3.11. The van der Waals surface area contributed by atoms with Crippen LogP contribution in [0.25, 0.3) is 11.1 Å². The summed E-state index contributed by atoms with van der Waals surface area (Å²) in [6.45, 7) is 1.77. The van der Waals surface area contributed by atoms with E-state index in [-0.39, 0.29) is 0 Å². The van der Waals surface area contributed by atoms with Crippen molar-refractivity contribution in [3.63, 3.8) is 0 Å². The van der Waals surface area contributed by atoms with Crippen LogP contribution in [0.3, 0.4) is 0 Å². The number of aryl methyl sites for hydroxylation is 1. The number of primary sulfonamides is 1. The lowest BCUT2D eigenvalue weighted by atomic mass is 9.94. The molecule has 118 valence electrons. The van der Waals surface area contributed by atoms with E-state index < -0.39 is 20.7 Å². The number of rotatable bonds is 3. The van der Waals surface area contributed by atoms with Gasteiger partial charge in [-0.1, -0.05) is 24.1 Å². The number of hydrogen-bond acceptors (Lipinski definition) is 4. The maximum Gasteiger partial charge on any atom is 0.240 e. The molecule has 1 saturated carbocycles. The lowest BCUT2D eigenvalue weighted by molar-refractivity contribution is 0.385. The molecule has 0 radical (unpaired) electrons. The standard InChI is InChI=1S/C15H17FN2O3S/c1-9-14(15(18-21-9)10-4-2-3-5-10)11-6-7-13(12(16)8-11)22(17,19)20/h6-8,10H,2-5H2,1H3,(H2,17,19,20). The monoisotopic (exact) mass is 324 g/mol. The van der Waals surface area contributed by atoms with Gasteiger partial charge in [-0.3, -0.25) is 0 Å². The molecule has 0 atom stereocenters. The lowest BCUT2D eigenvalue weighted by Gasteiger charge is -2.09. The largest absolute Gasteiger partial charge is 0.361 e. The third-order valence-corrected chi connectivity index (χ3v) is 5.10. The molecule has 0 unspecified atom stereocenters. The summed E-state index contributed by atoms with van der Waals surface area (Å²) in [5.41, 5.74) is 2.15. The average molecular weight is 324 g/mol. The molecule has 1 aromatic carbocycles. The highest BCUT2D eigenvalue weighted by Gasteiger charge is 2.26. The third-order valence-electron chi connectivity index (χ3n) is 4.16. The van der Waals surface area contributed by atoms with Crippen LogP contribution in [0.4, 0.5) is 4.39 Å². The highest BCUT2D eigenvalue weighted by molar-refractivity contribution is 7.89. The molecule has 1 aliphatic carbocycles. The summed E-state index contributed by atoms with van der Waals surface area (Å²) in [7, 11) is -4.07. The number of hydrogen-bond donors (Lipinski definition) is 1. The van der Waals surface area contributed by atoms with Crippen molar-refractivity contribution in [3.05, 3.63) is 35.5 Å². The van der Waals surface area contributed by atoms with Gasteiger partial charge in [-0.25, -0.2) is 17.9 Å². The van der Waals surface area contributed by atoms with Crippen LogP contribution >= 0.6 is 0 Å². The van der Waals surface area contributed by atoms with Crippen LogP contribution in [0, 0.1) is 12.7 Å². The van der Waals surface area contributed by atoms with Crippen molar-refractivity contribution >= 4 is 10.0 Å². The number of nitrogens with two attached hydrogens (primary N) is 1. The van der Waals surface area contributed by atoms with Gasteiger partial charge in [0.2, 0.25) is 10.0 Å². The number of halogens is 1. The molecule has 1 fully saturated rings.